The highest BCUT2D eigenvalue weighted by Crippen LogP contribution is 2.26. The molecule has 0 radical (unpaired) electrons. The lowest BCUT2D eigenvalue weighted by Crippen LogP contribution is -1.97. The zero-order chi connectivity index (χ0) is 13.1. The van der Waals surface area contributed by atoms with Gasteiger partial charge in [0.2, 0.25) is 0 Å². The van der Waals surface area contributed by atoms with Crippen molar-refractivity contribution in [2.75, 3.05) is 5.73 Å². The number of hydrogen-bond donors (Lipinski definition) is 1. The number of para-hydroxylation sites is 1. The molecule has 0 saturated heterocycles. The summed E-state index contributed by atoms with van der Waals surface area (Å²) in [6.07, 6.45) is 3.59. The lowest BCUT2D eigenvalue weighted by atomic mass is 10.1. The number of fused-ring (bicyclic) bond motifs is 1. The van der Waals surface area contributed by atoms with Gasteiger partial charge in [-0.2, -0.15) is 0 Å². The van der Waals surface area contributed by atoms with Crippen molar-refractivity contribution in [3.05, 3.63) is 60.4 Å². The van der Waals surface area contributed by atoms with Crippen LogP contribution in [-0.4, -0.2) is 9.97 Å². The number of nitrogens with two attached hydrogens (primary N) is 1. The van der Waals surface area contributed by atoms with Gasteiger partial charge in [0.25, 0.3) is 0 Å². The predicted molar refractivity (Wildman–Crippen MR) is 80.0 cm³/mol. The standard InChI is InChI=1S/C15H13N3S/c16-15-12(10-19-13-5-7-17-8-6-13)9-11-3-1-2-4-14(11)18-15/h1-9H,10H2,(H2,16,18). The summed E-state index contributed by atoms with van der Waals surface area (Å²) < 4.78 is 0. The Balaban J connectivity index is 1.86. The SMILES string of the molecule is Nc1nc2ccccc2cc1CSc1ccncc1. The quantitative estimate of drug-likeness (QED) is 0.738. The van der Waals surface area contributed by atoms with Gasteiger partial charge in [0, 0.05) is 34.0 Å². The van der Waals surface area contributed by atoms with Gasteiger partial charge in [-0.15, -0.1) is 11.8 Å². The van der Waals surface area contributed by atoms with Crippen LogP contribution < -0.4 is 5.73 Å². The van der Waals surface area contributed by atoms with E-state index in [9.17, 15) is 0 Å². The third kappa shape index (κ3) is 2.69. The number of nitrogen functional groups attached to an aromatic ring is 1. The van der Waals surface area contributed by atoms with E-state index in [1.54, 1.807) is 24.2 Å². The van der Waals surface area contributed by atoms with Gasteiger partial charge >= 0.3 is 0 Å². The van der Waals surface area contributed by atoms with E-state index in [2.05, 4.69) is 22.1 Å². The number of anilines is 1. The van der Waals surface area contributed by atoms with E-state index < -0.39 is 0 Å². The Labute approximate surface area is 115 Å². The van der Waals surface area contributed by atoms with Gasteiger partial charge in [-0.1, -0.05) is 18.2 Å². The Morgan fingerprint density at radius 2 is 1.84 bits per heavy atom. The third-order valence-corrected chi connectivity index (χ3v) is 3.94. The average molecular weight is 267 g/mol. The molecule has 1 aromatic carbocycles. The van der Waals surface area contributed by atoms with E-state index in [1.165, 1.54) is 4.90 Å². The predicted octanol–water partition coefficient (Wildman–Crippen LogP) is 3.50. The Kier molecular flexibility index (Phi) is 3.33. The Hall–Kier alpha value is -2.07. The van der Waals surface area contributed by atoms with Gasteiger partial charge in [0.15, 0.2) is 0 Å². The maximum absolute atomic E-state index is 6.01. The van der Waals surface area contributed by atoms with E-state index in [-0.39, 0.29) is 0 Å². The van der Waals surface area contributed by atoms with Crippen molar-refractivity contribution in [2.45, 2.75) is 10.6 Å². The van der Waals surface area contributed by atoms with Crippen LogP contribution in [0.1, 0.15) is 5.56 Å². The van der Waals surface area contributed by atoms with E-state index in [1.807, 2.05) is 30.3 Å². The fourth-order valence-corrected chi connectivity index (χ4v) is 2.75. The fourth-order valence-electron chi connectivity index (χ4n) is 1.89. The Morgan fingerprint density at radius 1 is 1.05 bits per heavy atom. The molecule has 2 aromatic heterocycles. The third-order valence-electron chi connectivity index (χ3n) is 2.88. The van der Waals surface area contributed by atoms with Gasteiger partial charge in [0.05, 0.1) is 5.52 Å². The molecule has 3 nitrogen and oxygen atoms in total. The summed E-state index contributed by atoms with van der Waals surface area (Å²) in [4.78, 5) is 9.63. The number of nitrogens with zero attached hydrogens (tertiary/aromatic N) is 2. The number of benzene rings is 1. The highest BCUT2D eigenvalue weighted by Gasteiger charge is 2.04. The summed E-state index contributed by atoms with van der Waals surface area (Å²) in [7, 11) is 0. The minimum atomic E-state index is 0.611. The monoisotopic (exact) mass is 267 g/mol. The van der Waals surface area contributed by atoms with Crippen molar-refractivity contribution in [1.29, 1.82) is 0 Å². The van der Waals surface area contributed by atoms with Gasteiger partial charge < -0.3 is 5.73 Å². The highest BCUT2D eigenvalue weighted by atomic mass is 32.2. The largest absolute Gasteiger partial charge is 0.383 e. The number of thioether (sulfide) groups is 1. The molecule has 3 aromatic rings. The summed E-state index contributed by atoms with van der Waals surface area (Å²) in [6, 6.07) is 14.1. The maximum atomic E-state index is 6.01. The zero-order valence-electron chi connectivity index (χ0n) is 10.3. The van der Waals surface area contributed by atoms with E-state index in [4.69, 9.17) is 5.73 Å². The Bertz CT molecular complexity index is 698. The van der Waals surface area contributed by atoms with Crippen LogP contribution in [0.5, 0.6) is 0 Å². The highest BCUT2D eigenvalue weighted by molar-refractivity contribution is 7.98. The molecule has 0 aliphatic carbocycles. The molecule has 0 fully saturated rings. The minimum Gasteiger partial charge on any atom is -0.383 e. The van der Waals surface area contributed by atoms with Gasteiger partial charge in [-0.3, -0.25) is 4.98 Å². The Morgan fingerprint density at radius 3 is 2.68 bits per heavy atom. The fraction of sp³-hybridized carbons (Fsp3) is 0.0667. The lowest BCUT2D eigenvalue weighted by molar-refractivity contribution is 1.25. The normalized spacial score (nSPS) is 10.7. The molecule has 2 heterocycles. The van der Waals surface area contributed by atoms with Crippen molar-refractivity contribution in [3.63, 3.8) is 0 Å². The number of hydrogen-bond acceptors (Lipinski definition) is 4. The molecule has 0 saturated carbocycles. The summed E-state index contributed by atoms with van der Waals surface area (Å²) in [5, 5.41) is 1.13. The second kappa shape index (κ2) is 5.28. The smallest absolute Gasteiger partial charge is 0.128 e. The van der Waals surface area contributed by atoms with Gasteiger partial charge in [-0.05, 0) is 24.3 Å². The van der Waals surface area contributed by atoms with E-state index in [0.29, 0.717) is 5.82 Å². The first-order chi connectivity index (χ1) is 9.33. The average Bonchev–Trinajstić information content (AvgIpc) is 2.46. The first-order valence-corrected chi connectivity index (χ1v) is 6.98. The number of rotatable bonds is 3. The first kappa shape index (κ1) is 12.0. The van der Waals surface area contributed by atoms with Crippen molar-refractivity contribution in [1.82, 2.24) is 9.97 Å². The molecular formula is C15H13N3S. The summed E-state index contributed by atoms with van der Waals surface area (Å²) in [6.45, 7) is 0. The molecule has 2 N–H and O–H groups in total. The van der Waals surface area contributed by atoms with Crippen molar-refractivity contribution >= 4 is 28.5 Å². The molecule has 3 rings (SSSR count). The van der Waals surface area contributed by atoms with E-state index >= 15 is 0 Å². The van der Waals surface area contributed by atoms with Crippen molar-refractivity contribution < 1.29 is 0 Å². The van der Waals surface area contributed by atoms with Crippen LogP contribution in [0.4, 0.5) is 5.82 Å². The summed E-state index contributed by atoms with van der Waals surface area (Å²) >= 11 is 1.74. The summed E-state index contributed by atoms with van der Waals surface area (Å²) in [5.41, 5.74) is 8.03. The molecule has 0 bridgehead atoms. The molecule has 94 valence electrons. The number of aromatic nitrogens is 2. The molecule has 0 amide bonds. The van der Waals surface area contributed by atoms with Crippen LogP contribution in [0.2, 0.25) is 0 Å². The topological polar surface area (TPSA) is 51.8 Å². The van der Waals surface area contributed by atoms with E-state index in [0.717, 1.165) is 22.2 Å². The molecule has 0 atom stereocenters. The molecule has 19 heavy (non-hydrogen) atoms. The second-order valence-electron chi connectivity index (χ2n) is 4.20. The molecule has 0 unspecified atom stereocenters. The number of pyridine rings is 2. The first-order valence-electron chi connectivity index (χ1n) is 6.00. The van der Waals surface area contributed by atoms with Crippen molar-refractivity contribution in [2.24, 2.45) is 0 Å². The van der Waals surface area contributed by atoms with Crippen molar-refractivity contribution in [3.8, 4) is 0 Å². The zero-order valence-corrected chi connectivity index (χ0v) is 11.1. The van der Waals surface area contributed by atoms with Gasteiger partial charge in [0.1, 0.15) is 5.82 Å². The molecule has 0 aliphatic heterocycles. The van der Waals surface area contributed by atoms with Crippen LogP contribution in [-0.2, 0) is 5.75 Å². The maximum Gasteiger partial charge on any atom is 0.128 e. The van der Waals surface area contributed by atoms with Crippen LogP contribution >= 0.6 is 11.8 Å². The van der Waals surface area contributed by atoms with Gasteiger partial charge in [-0.25, -0.2) is 4.98 Å². The van der Waals surface area contributed by atoms with Crippen LogP contribution in [0.15, 0.2) is 59.8 Å². The summed E-state index contributed by atoms with van der Waals surface area (Å²) in [5.74, 6) is 1.42. The molecular weight excluding hydrogens is 254 g/mol. The minimum absolute atomic E-state index is 0.611. The lowest BCUT2D eigenvalue weighted by Gasteiger charge is -2.07. The second-order valence-corrected chi connectivity index (χ2v) is 5.25. The van der Waals surface area contributed by atoms with Crippen LogP contribution in [0.3, 0.4) is 0 Å². The molecule has 0 spiro atoms. The molecule has 4 heteroatoms. The van der Waals surface area contributed by atoms with Crippen LogP contribution in [0, 0.1) is 0 Å². The van der Waals surface area contributed by atoms with Crippen LogP contribution in [0.25, 0.3) is 10.9 Å². The molecule has 0 aliphatic rings.